The summed E-state index contributed by atoms with van der Waals surface area (Å²) in [4.78, 5) is 0. The quantitative estimate of drug-likeness (QED) is 0.703. The van der Waals surface area contributed by atoms with Gasteiger partial charge in [0.25, 0.3) is 0 Å². The van der Waals surface area contributed by atoms with Crippen molar-refractivity contribution in [3.8, 4) is 6.07 Å². The first-order chi connectivity index (χ1) is 13.7. The number of hydrogen-bond acceptors (Lipinski definition) is 4. The van der Waals surface area contributed by atoms with Crippen molar-refractivity contribution in [2.24, 2.45) is 40.4 Å². The van der Waals surface area contributed by atoms with E-state index < -0.39 is 5.60 Å². The van der Waals surface area contributed by atoms with Gasteiger partial charge in [-0.1, -0.05) is 13.8 Å². The van der Waals surface area contributed by atoms with E-state index in [1.165, 1.54) is 38.5 Å². The van der Waals surface area contributed by atoms with E-state index in [9.17, 15) is 5.11 Å². The molecule has 5 aliphatic rings. The van der Waals surface area contributed by atoms with Crippen LogP contribution < -0.4 is 0 Å². The van der Waals surface area contributed by atoms with E-state index in [1.54, 1.807) is 0 Å². The maximum absolute atomic E-state index is 10.9. The highest BCUT2D eigenvalue weighted by Gasteiger charge is 2.64. The topological polar surface area (TPSA) is 62.5 Å². The molecule has 1 aliphatic heterocycles. The molecule has 0 aromatic carbocycles. The fourth-order valence-corrected chi connectivity index (χ4v) is 9.22. The van der Waals surface area contributed by atoms with Crippen LogP contribution in [0.15, 0.2) is 0 Å². The highest BCUT2D eigenvalue weighted by Crippen LogP contribution is 2.69. The lowest BCUT2D eigenvalue weighted by Crippen LogP contribution is -2.57. The maximum atomic E-state index is 10.9. The summed E-state index contributed by atoms with van der Waals surface area (Å²) in [6.07, 6.45) is 10.7. The molecule has 4 aliphatic carbocycles. The average Bonchev–Trinajstić information content (AvgIpc) is 3.26. The average molecular weight is 402 g/mol. The zero-order chi connectivity index (χ0) is 20.5. The van der Waals surface area contributed by atoms with Crippen molar-refractivity contribution in [3.63, 3.8) is 0 Å². The van der Waals surface area contributed by atoms with Crippen molar-refractivity contribution in [1.82, 2.24) is 0 Å². The zero-order valence-corrected chi connectivity index (χ0v) is 18.6. The molecule has 0 aromatic rings. The Bertz CT molecular complexity index is 697. The summed E-state index contributed by atoms with van der Waals surface area (Å²) in [7, 11) is 0. The molecule has 1 saturated heterocycles. The highest BCUT2D eigenvalue weighted by atomic mass is 16.7. The van der Waals surface area contributed by atoms with Crippen LogP contribution in [-0.4, -0.2) is 29.7 Å². The van der Waals surface area contributed by atoms with Gasteiger partial charge in [-0.05, 0) is 99.2 Å². The molecule has 162 valence electrons. The van der Waals surface area contributed by atoms with E-state index in [1.807, 2.05) is 0 Å². The van der Waals surface area contributed by atoms with Crippen LogP contribution in [0.25, 0.3) is 0 Å². The van der Waals surface area contributed by atoms with Gasteiger partial charge in [-0.2, -0.15) is 5.26 Å². The molecule has 0 unspecified atom stereocenters. The van der Waals surface area contributed by atoms with E-state index in [-0.39, 0.29) is 5.79 Å². The Kier molecular flexibility index (Phi) is 4.67. The molecule has 0 amide bonds. The summed E-state index contributed by atoms with van der Waals surface area (Å²) >= 11 is 0. The monoisotopic (exact) mass is 401 g/mol. The molecule has 1 N–H and O–H groups in total. The second kappa shape index (κ2) is 6.68. The second-order valence-electron chi connectivity index (χ2n) is 11.8. The molecule has 8 atom stereocenters. The summed E-state index contributed by atoms with van der Waals surface area (Å²) < 4.78 is 12.3. The lowest BCUT2D eigenvalue weighted by molar-refractivity contribution is -0.220. The van der Waals surface area contributed by atoms with E-state index in [0.717, 1.165) is 50.2 Å². The molecule has 4 heteroatoms. The molecule has 5 rings (SSSR count). The van der Waals surface area contributed by atoms with Gasteiger partial charge in [0, 0.05) is 5.92 Å². The van der Waals surface area contributed by atoms with E-state index >= 15 is 0 Å². The van der Waals surface area contributed by atoms with Gasteiger partial charge in [0.05, 0.1) is 31.3 Å². The molecule has 5 fully saturated rings. The smallest absolute Gasteiger partial charge is 0.169 e. The van der Waals surface area contributed by atoms with Crippen LogP contribution in [0.5, 0.6) is 0 Å². The van der Waals surface area contributed by atoms with Crippen molar-refractivity contribution < 1.29 is 14.6 Å². The van der Waals surface area contributed by atoms with Crippen LogP contribution in [-0.2, 0) is 9.47 Å². The van der Waals surface area contributed by atoms with Gasteiger partial charge in [-0.3, -0.25) is 0 Å². The lowest BCUT2D eigenvalue weighted by atomic mass is 9.43. The Labute approximate surface area is 176 Å². The molecule has 0 spiro atoms. The third-order valence-corrected chi connectivity index (χ3v) is 10.7. The first-order valence-corrected chi connectivity index (χ1v) is 12.1. The van der Waals surface area contributed by atoms with Crippen molar-refractivity contribution in [2.75, 3.05) is 13.2 Å². The summed E-state index contributed by atoms with van der Waals surface area (Å²) in [6, 6.07) is 2.24. The zero-order valence-electron chi connectivity index (χ0n) is 18.6. The third-order valence-electron chi connectivity index (χ3n) is 10.7. The highest BCUT2D eigenvalue weighted by molar-refractivity contribution is 5.12. The predicted molar refractivity (Wildman–Crippen MR) is 111 cm³/mol. The molecule has 0 bridgehead atoms. The van der Waals surface area contributed by atoms with Crippen molar-refractivity contribution in [3.05, 3.63) is 0 Å². The fourth-order valence-electron chi connectivity index (χ4n) is 9.22. The molecule has 4 nitrogen and oxygen atoms in total. The number of ether oxygens (including phenoxy) is 2. The predicted octanol–water partition coefficient (Wildman–Crippen LogP) is 5.05. The normalized spacial score (nSPS) is 53.6. The van der Waals surface area contributed by atoms with Crippen LogP contribution in [0.1, 0.15) is 85.0 Å². The van der Waals surface area contributed by atoms with Gasteiger partial charge in [-0.15, -0.1) is 0 Å². The van der Waals surface area contributed by atoms with E-state index in [4.69, 9.17) is 14.7 Å². The first kappa shape index (κ1) is 20.3. The molecule has 0 aromatic heterocycles. The number of nitriles is 1. The minimum Gasteiger partial charge on any atom is -0.389 e. The SMILES string of the molecule is CC1([C@H]2CC[C@H]3[C@@H]4CC[C@H]5C[C@@](O)(CC#N)CC[C@]5(C)[C@H]4CC[C@]23C)OCCO1. The van der Waals surface area contributed by atoms with Gasteiger partial charge >= 0.3 is 0 Å². The van der Waals surface area contributed by atoms with Crippen LogP contribution in [0.4, 0.5) is 0 Å². The Morgan fingerprint density at radius 2 is 1.62 bits per heavy atom. The lowest BCUT2D eigenvalue weighted by Gasteiger charge is -2.62. The second-order valence-corrected chi connectivity index (χ2v) is 11.8. The number of hydrogen-bond donors (Lipinski definition) is 1. The van der Waals surface area contributed by atoms with Crippen LogP contribution in [0, 0.1) is 51.8 Å². The summed E-state index contributed by atoms with van der Waals surface area (Å²) in [5.74, 6) is 3.09. The molecule has 29 heavy (non-hydrogen) atoms. The van der Waals surface area contributed by atoms with Crippen molar-refractivity contribution in [1.29, 1.82) is 5.26 Å². The molecular weight excluding hydrogens is 362 g/mol. The van der Waals surface area contributed by atoms with Crippen molar-refractivity contribution >= 4 is 0 Å². The van der Waals surface area contributed by atoms with Gasteiger partial charge in [0.15, 0.2) is 5.79 Å². The third kappa shape index (κ3) is 2.87. The molecule has 1 heterocycles. The number of aliphatic hydroxyl groups is 1. The van der Waals surface area contributed by atoms with Gasteiger partial charge < -0.3 is 14.6 Å². The number of fused-ring (bicyclic) bond motifs is 5. The number of nitrogens with zero attached hydrogens (tertiary/aromatic N) is 1. The van der Waals surface area contributed by atoms with Crippen molar-refractivity contribution in [2.45, 2.75) is 96.4 Å². The molecule has 0 radical (unpaired) electrons. The standard InChI is InChI=1S/C25H39NO3/c1-22-10-11-25(27,12-13-26)16-17(22)4-5-18-19-6-7-21(24(3)28-14-15-29-24)23(19,2)9-8-20(18)22/h17-21,27H,4-12,14-16H2,1-3H3/t17-,18-,19-,20-,21-,22-,23-,25-/m0/s1. The van der Waals surface area contributed by atoms with E-state index in [2.05, 4.69) is 26.8 Å². The van der Waals surface area contributed by atoms with Gasteiger partial charge in [-0.25, -0.2) is 0 Å². The molecule has 4 saturated carbocycles. The minimum atomic E-state index is -0.737. The Hall–Kier alpha value is -0.630. The van der Waals surface area contributed by atoms with Gasteiger partial charge in [0.2, 0.25) is 0 Å². The Morgan fingerprint density at radius 3 is 2.34 bits per heavy atom. The Morgan fingerprint density at radius 1 is 0.897 bits per heavy atom. The summed E-state index contributed by atoms with van der Waals surface area (Å²) in [6.45, 7) is 8.75. The minimum absolute atomic E-state index is 0.300. The van der Waals surface area contributed by atoms with E-state index in [0.29, 0.717) is 29.1 Å². The van der Waals surface area contributed by atoms with Gasteiger partial charge in [0.1, 0.15) is 0 Å². The number of rotatable bonds is 2. The Balaban J connectivity index is 1.38. The summed E-state index contributed by atoms with van der Waals surface area (Å²) in [5, 5.41) is 20.1. The molecular formula is C25H39NO3. The van der Waals surface area contributed by atoms with Crippen LogP contribution in [0.2, 0.25) is 0 Å². The maximum Gasteiger partial charge on any atom is 0.169 e. The van der Waals surface area contributed by atoms with Crippen LogP contribution >= 0.6 is 0 Å². The fraction of sp³-hybridized carbons (Fsp3) is 0.960. The summed E-state index contributed by atoms with van der Waals surface area (Å²) in [5.41, 5.74) is -0.0624. The largest absolute Gasteiger partial charge is 0.389 e. The first-order valence-electron chi connectivity index (χ1n) is 12.1. The van der Waals surface area contributed by atoms with Crippen LogP contribution in [0.3, 0.4) is 0 Å².